The molecule has 0 bridgehead atoms. The second kappa shape index (κ2) is 5.26. The molecule has 0 fully saturated rings. The first-order valence-electron chi connectivity index (χ1n) is 5.71. The van der Waals surface area contributed by atoms with Gasteiger partial charge in [-0.05, 0) is 42.8 Å². The number of ketones is 1. The van der Waals surface area contributed by atoms with Crippen molar-refractivity contribution in [2.45, 2.75) is 13.3 Å². The van der Waals surface area contributed by atoms with E-state index < -0.39 is 23.2 Å². The Bertz CT molecular complexity index is 615. The number of hydrogen-bond acceptors (Lipinski definition) is 1. The van der Waals surface area contributed by atoms with Crippen LogP contribution >= 0.6 is 0 Å². The van der Waals surface area contributed by atoms with Gasteiger partial charge in [0.15, 0.2) is 5.78 Å². The lowest BCUT2D eigenvalue weighted by Gasteiger charge is -2.07. The number of carbonyl (C=O) groups is 1. The monoisotopic (exact) mass is 264 g/mol. The third kappa shape index (κ3) is 2.84. The minimum atomic E-state index is -0.756. The summed E-state index contributed by atoms with van der Waals surface area (Å²) >= 11 is 0. The normalized spacial score (nSPS) is 10.5. The van der Waals surface area contributed by atoms with Crippen molar-refractivity contribution in [3.05, 3.63) is 70.5 Å². The quantitative estimate of drug-likeness (QED) is 0.770. The van der Waals surface area contributed by atoms with Gasteiger partial charge in [0.1, 0.15) is 17.5 Å². The smallest absolute Gasteiger partial charge is 0.167 e. The summed E-state index contributed by atoms with van der Waals surface area (Å²) in [5.74, 6) is -2.41. The minimum Gasteiger partial charge on any atom is -0.294 e. The molecule has 0 saturated heterocycles. The summed E-state index contributed by atoms with van der Waals surface area (Å²) in [4.78, 5) is 12.0. The molecule has 2 aromatic rings. The third-order valence-electron chi connectivity index (χ3n) is 2.89. The van der Waals surface area contributed by atoms with E-state index in [1.807, 2.05) is 0 Å². The van der Waals surface area contributed by atoms with E-state index >= 15 is 0 Å². The summed E-state index contributed by atoms with van der Waals surface area (Å²) in [6.07, 6.45) is -0.384. The van der Waals surface area contributed by atoms with Crippen LogP contribution in [0.15, 0.2) is 36.4 Å². The fraction of sp³-hybridized carbons (Fsp3) is 0.133. The lowest BCUT2D eigenvalue weighted by molar-refractivity contribution is 0.0990. The van der Waals surface area contributed by atoms with Gasteiger partial charge in [0.25, 0.3) is 0 Å². The second-order valence-corrected chi connectivity index (χ2v) is 4.26. The zero-order chi connectivity index (χ0) is 14.0. The Kier molecular flexibility index (Phi) is 3.69. The van der Waals surface area contributed by atoms with E-state index in [4.69, 9.17) is 0 Å². The van der Waals surface area contributed by atoms with Crippen molar-refractivity contribution < 1.29 is 18.0 Å². The van der Waals surface area contributed by atoms with Gasteiger partial charge in [0.2, 0.25) is 0 Å². The highest BCUT2D eigenvalue weighted by Crippen LogP contribution is 2.17. The number of aryl methyl sites for hydroxylation is 1. The number of rotatable bonds is 3. The molecule has 2 rings (SSSR count). The van der Waals surface area contributed by atoms with E-state index in [2.05, 4.69) is 0 Å². The maximum absolute atomic E-state index is 13.4. The highest BCUT2D eigenvalue weighted by atomic mass is 19.1. The summed E-state index contributed by atoms with van der Waals surface area (Å²) in [7, 11) is 0. The largest absolute Gasteiger partial charge is 0.294 e. The van der Waals surface area contributed by atoms with Crippen LogP contribution in [-0.4, -0.2) is 5.78 Å². The Morgan fingerprint density at radius 2 is 1.68 bits per heavy atom. The van der Waals surface area contributed by atoms with Crippen LogP contribution in [0.5, 0.6) is 0 Å². The van der Waals surface area contributed by atoms with E-state index in [9.17, 15) is 18.0 Å². The van der Waals surface area contributed by atoms with Crippen molar-refractivity contribution in [2.24, 2.45) is 0 Å². The van der Waals surface area contributed by atoms with Crippen molar-refractivity contribution in [2.75, 3.05) is 0 Å². The third-order valence-corrected chi connectivity index (χ3v) is 2.89. The van der Waals surface area contributed by atoms with Gasteiger partial charge in [0, 0.05) is 17.5 Å². The lowest BCUT2D eigenvalue weighted by Crippen LogP contribution is -2.09. The Morgan fingerprint density at radius 1 is 1.05 bits per heavy atom. The zero-order valence-corrected chi connectivity index (χ0v) is 10.2. The second-order valence-electron chi connectivity index (χ2n) is 4.26. The van der Waals surface area contributed by atoms with E-state index in [0.717, 1.165) is 18.2 Å². The molecule has 0 aliphatic rings. The molecular formula is C15H11F3O. The predicted octanol–water partition coefficient (Wildman–Crippen LogP) is 3.84. The van der Waals surface area contributed by atoms with Crippen molar-refractivity contribution in [3.8, 4) is 0 Å². The fourth-order valence-corrected chi connectivity index (χ4v) is 1.90. The van der Waals surface area contributed by atoms with Crippen molar-refractivity contribution in [3.63, 3.8) is 0 Å². The molecule has 0 amide bonds. The van der Waals surface area contributed by atoms with Crippen LogP contribution in [0.1, 0.15) is 21.5 Å². The molecular weight excluding hydrogens is 253 g/mol. The zero-order valence-electron chi connectivity index (χ0n) is 10.2. The molecule has 0 N–H and O–H groups in total. The molecule has 0 atom stereocenters. The van der Waals surface area contributed by atoms with Gasteiger partial charge in [-0.2, -0.15) is 0 Å². The predicted molar refractivity (Wildman–Crippen MR) is 65.5 cm³/mol. The molecule has 0 aromatic heterocycles. The first kappa shape index (κ1) is 13.3. The summed E-state index contributed by atoms with van der Waals surface area (Å²) in [5.41, 5.74) is 0.446. The van der Waals surface area contributed by atoms with Gasteiger partial charge in [0.05, 0.1) is 0 Å². The van der Waals surface area contributed by atoms with Crippen molar-refractivity contribution in [1.82, 2.24) is 0 Å². The number of hydrogen-bond donors (Lipinski definition) is 0. The minimum absolute atomic E-state index is 0.267. The van der Waals surface area contributed by atoms with Crippen LogP contribution in [0.25, 0.3) is 0 Å². The first-order chi connectivity index (χ1) is 8.99. The van der Waals surface area contributed by atoms with Crippen LogP contribution in [0.2, 0.25) is 0 Å². The fourth-order valence-electron chi connectivity index (χ4n) is 1.90. The molecule has 0 aliphatic heterocycles. The van der Waals surface area contributed by atoms with Gasteiger partial charge in [-0.15, -0.1) is 0 Å². The lowest BCUT2D eigenvalue weighted by atomic mass is 9.98. The molecule has 0 unspecified atom stereocenters. The van der Waals surface area contributed by atoms with Crippen LogP contribution in [0.4, 0.5) is 13.2 Å². The first-order valence-corrected chi connectivity index (χ1v) is 5.71. The van der Waals surface area contributed by atoms with Crippen molar-refractivity contribution >= 4 is 5.78 Å². The van der Waals surface area contributed by atoms with Crippen LogP contribution < -0.4 is 0 Å². The Balaban J connectivity index is 2.31. The van der Waals surface area contributed by atoms with Crippen LogP contribution in [0.3, 0.4) is 0 Å². The molecule has 0 spiro atoms. The SMILES string of the molecule is Cc1cc(F)ccc1C(=O)Cc1c(F)cccc1F. The summed E-state index contributed by atoms with van der Waals surface area (Å²) in [5, 5.41) is 0. The maximum atomic E-state index is 13.4. The molecule has 0 saturated carbocycles. The van der Waals surface area contributed by atoms with E-state index in [1.54, 1.807) is 6.92 Å². The Hall–Kier alpha value is -2.10. The van der Waals surface area contributed by atoms with Gasteiger partial charge < -0.3 is 0 Å². The van der Waals surface area contributed by atoms with Crippen molar-refractivity contribution in [1.29, 1.82) is 0 Å². The molecule has 0 heterocycles. The topological polar surface area (TPSA) is 17.1 Å². The van der Waals surface area contributed by atoms with E-state index in [-0.39, 0.29) is 17.5 Å². The molecule has 19 heavy (non-hydrogen) atoms. The molecule has 2 aromatic carbocycles. The van der Waals surface area contributed by atoms with E-state index in [0.29, 0.717) is 5.56 Å². The number of carbonyl (C=O) groups excluding carboxylic acids is 1. The van der Waals surface area contributed by atoms with Gasteiger partial charge >= 0.3 is 0 Å². The average molecular weight is 264 g/mol. The van der Waals surface area contributed by atoms with E-state index in [1.165, 1.54) is 18.2 Å². The molecule has 0 aliphatic carbocycles. The summed E-state index contributed by atoms with van der Waals surface area (Å²) in [6, 6.07) is 7.13. The average Bonchev–Trinajstić information content (AvgIpc) is 2.33. The van der Waals surface area contributed by atoms with Gasteiger partial charge in [-0.1, -0.05) is 6.07 Å². The Labute approximate surface area is 108 Å². The molecule has 1 nitrogen and oxygen atoms in total. The summed E-state index contributed by atoms with van der Waals surface area (Å²) < 4.78 is 39.8. The van der Waals surface area contributed by atoms with Gasteiger partial charge in [-0.25, -0.2) is 13.2 Å². The molecule has 4 heteroatoms. The number of Topliss-reactive ketones (excluding diaryl/α,β-unsaturated/α-hetero) is 1. The maximum Gasteiger partial charge on any atom is 0.167 e. The number of halogens is 3. The highest BCUT2D eigenvalue weighted by molar-refractivity contribution is 5.98. The standard InChI is InChI=1S/C15H11F3O/c1-9-7-10(16)5-6-11(9)15(19)8-12-13(17)3-2-4-14(12)18/h2-7H,8H2,1H3. The Morgan fingerprint density at radius 3 is 2.26 bits per heavy atom. The van der Waals surface area contributed by atoms with Crippen LogP contribution in [-0.2, 0) is 6.42 Å². The number of benzene rings is 2. The molecule has 0 radical (unpaired) electrons. The highest BCUT2D eigenvalue weighted by Gasteiger charge is 2.16. The molecule has 98 valence electrons. The van der Waals surface area contributed by atoms with Gasteiger partial charge in [-0.3, -0.25) is 4.79 Å². The summed E-state index contributed by atoms with van der Waals surface area (Å²) in [6.45, 7) is 1.58. The van der Waals surface area contributed by atoms with Crippen LogP contribution in [0, 0.1) is 24.4 Å².